The molecule has 0 bridgehead atoms. The number of hydrogen-bond acceptors (Lipinski definition) is 6. The van der Waals surface area contributed by atoms with Crippen LogP contribution in [0.25, 0.3) is 11.8 Å². The Balaban J connectivity index is 1.45. The third-order valence-corrected chi connectivity index (χ3v) is 6.65. The molecule has 1 aromatic heterocycles. The van der Waals surface area contributed by atoms with Crippen LogP contribution < -0.4 is 9.62 Å². The maximum absolute atomic E-state index is 14.1. The summed E-state index contributed by atoms with van der Waals surface area (Å²) in [4.78, 5) is 12.3. The highest BCUT2D eigenvalue weighted by molar-refractivity contribution is 7.93. The number of hydrogen-bond donors (Lipinski definition) is 1. The van der Waals surface area contributed by atoms with Crippen LogP contribution in [-0.2, 0) is 14.8 Å². The number of rotatable bonds is 5. The molecule has 0 aliphatic carbocycles. The van der Waals surface area contributed by atoms with Gasteiger partial charge in [0.15, 0.2) is 5.82 Å². The van der Waals surface area contributed by atoms with E-state index in [1.165, 1.54) is 33.3 Å². The highest BCUT2D eigenvalue weighted by Crippen LogP contribution is 2.24. The predicted octanol–water partition coefficient (Wildman–Crippen LogP) is 2.30. The first kappa shape index (κ1) is 20.7. The van der Waals surface area contributed by atoms with Gasteiger partial charge in [-0.25, -0.2) is 12.8 Å². The molecule has 0 spiro atoms. The Bertz CT molecular complexity index is 1250. The van der Waals surface area contributed by atoms with Gasteiger partial charge in [-0.1, -0.05) is 12.1 Å². The summed E-state index contributed by atoms with van der Waals surface area (Å²) in [6.07, 6.45) is 3.44. The minimum absolute atomic E-state index is 0.00311. The van der Waals surface area contributed by atoms with E-state index in [2.05, 4.69) is 20.8 Å². The van der Waals surface area contributed by atoms with E-state index in [4.69, 9.17) is 0 Å². The molecule has 0 radical (unpaired) electrons. The van der Waals surface area contributed by atoms with E-state index in [9.17, 15) is 17.6 Å². The number of tetrazole rings is 1. The van der Waals surface area contributed by atoms with E-state index >= 15 is 0 Å². The number of aryl methyl sites for hydroxylation is 1. The lowest BCUT2D eigenvalue weighted by molar-refractivity contribution is -0.111. The van der Waals surface area contributed by atoms with Crippen LogP contribution in [0.1, 0.15) is 17.8 Å². The molecular formula is C20H19FN6O3S. The molecule has 1 N–H and O–H groups in total. The first-order chi connectivity index (χ1) is 14.8. The Hall–Kier alpha value is -3.60. The zero-order valence-corrected chi connectivity index (χ0v) is 17.4. The SMILES string of the molecule is Cc1nnnn1-c1ccc(F)c(NC(=O)/C=C/c2ccc(N3CCCS3(=O)=O)cc2)c1. The number of carbonyl (C=O) groups excluding carboxylic acids is 1. The summed E-state index contributed by atoms with van der Waals surface area (Å²) in [5.74, 6) is -0.434. The summed E-state index contributed by atoms with van der Waals surface area (Å²) in [6, 6.07) is 11.0. The number of nitrogens with one attached hydrogen (secondary N) is 1. The minimum atomic E-state index is -3.24. The summed E-state index contributed by atoms with van der Waals surface area (Å²) in [5.41, 5.74) is 1.80. The fourth-order valence-electron chi connectivity index (χ4n) is 3.24. The molecule has 2 aromatic carbocycles. The highest BCUT2D eigenvalue weighted by Gasteiger charge is 2.28. The van der Waals surface area contributed by atoms with Crippen molar-refractivity contribution in [3.05, 3.63) is 65.7 Å². The van der Waals surface area contributed by atoms with Gasteiger partial charge >= 0.3 is 0 Å². The van der Waals surface area contributed by atoms with E-state index < -0.39 is 21.7 Å². The average molecular weight is 442 g/mol. The third kappa shape index (κ3) is 4.45. The van der Waals surface area contributed by atoms with Gasteiger partial charge in [-0.2, -0.15) is 4.68 Å². The predicted molar refractivity (Wildman–Crippen MR) is 114 cm³/mol. The van der Waals surface area contributed by atoms with Crippen LogP contribution in [0.15, 0.2) is 48.5 Å². The van der Waals surface area contributed by atoms with Crippen molar-refractivity contribution in [2.75, 3.05) is 21.9 Å². The molecule has 0 atom stereocenters. The number of sulfonamides is 1. The number of carbonyl (C=O) groups is 1. The molecule has 31 heavy (non-hydrogen) atoms. The Morgan fingerprint density at radius 2 is 1.90 bits per heavy atom. The van der Waals surface area contributed by atoms with Gasteiger partial charge in [-0.05, 0) is 65.7 Å². The first-order valence-electron chi connectivity index (χ1n) is 9.48. The van der Waals surface area contributed by atoms with Crippen molar-refractivity contribution in [1.82, 2.24) is 20.2 Å². The molecule has 1 amide bonds. The molecule has 1 aliphatic rings. The van der Waals surface area contributed by atoms with E-state index in [0.29, 0.717) is 35.7 Å². The second-order valence-electron chi connectivity index (χ2n) is 6.96. The third-order valence-electron chi connectivity index (χ3n) is 4.79. The van der Waals surface area contributed by atoms with E-state index in [-0.39, 0.29) is 11.4 Å². The maximum atomic E-state index is 14.1. The van der Waals surface area contributed by atoms with Crippen molar-refractivity contribution >= 4 is 33.4 Å². The van der Waals surface area contributed by atoms with Crippen LogP contribution in [0.3, 0.4) is 0 Å². The molecule has 1 aliphatic heterocycles. The van der Waals surface area contributed by atoms with E-state index in [1.54, 1.807) is 37.3 Å². The van der Waals surface area contributed by atoms with Crippen molar-refractivity contribution in [2.24, 2.45) is 0 Å². The second kappa shape index (κ2) is 8.26. The summed E-state index contributed by atoms with van der Waals surface area (Å²) in [5, 5.41) is 13.6. The Kier molecular flexibility index (Phi) is 5.51. The van der Waals surface area contributed by atoms with Gasteiger partial charge in [0, 0.05) is 12.6 Å². The molecule has 1 fully saturated rings. The van der Waals surface area contributed by atoms with Gasteiger partial charge < -0.3 is 5.32 Å². The molecular weight excluding hydrogens is 423 g/mol. The molecule has 9 nitrogen and oxygen atoms in total. The quantitative estimate of drug-likeness (QED) is 0.607. The largest absolute Gasteiger partial charge is 0.320 e. The van der Waals surface area contributed by atoms with Crippen LogP contribution in [-0.4, -0.2) is 46.8 Å². The van der Waals surface area contributed by atoms with Crippen molar-refractivity contribution in [3.8, 4) is 5.69 Å². The van der Waals surface area contributed by atoms with Gasteiger partial charge in [-0.15, -0.1) is 5.10 Å². The number of anilines is 2. The fourth-order valence-corrected chi connectivity index (χ4v) is 4.80. The first-order valence-corrected chi connectivity index (χ1v) is 11.1. The van der Waals surface area contributed by atoms with Crippen LogP contribution in [0.2, 0.25) is 0 Å². The monoisotopic (exact) mass is 442 g/mol. The van der Waals surface area contributed by atoms with Crippen molar-refractivity contribution in [2.45, 2.75) is 13.3 Å². The molecule has 11 heteroatoms. The number of halogens is 1. The Morgan fingerprint density at radius 3 is 2.55 bits per heavy atom. The molecule has 4 rings (SSSR count). The van der Waals surface area contributed by atoms with Gasteiger partial charge in [0.05, 0.1) is 22.8 Å². The van der Waals surface area contributed by atoms with Crippen molar-refractivity contribution in [1.29, 1.82) is 0 Å². The molecule has 160 valence electrons. The second-order valence-corrected chi connectivity index (χ2v) is 8.97. The summed E-state index contributed by atoms with van der Waals surface area (Å²) in [6.45, 7) is 2.17. The van der Waals surface area contributed by atoms with E-state index in [0.717, 1.165) is 0 Å². The number of nitrogens with zero attached hydrogens (tertiary/aromatic N) is 5. The maximum Gasteiger partial charge on any atom is 0.248 e. The van der Waals surface area contributed by atoms with Crippen LogP contribution in [0.5, 0.6) is 0 Å². The zero-order chi connectivity index (χ0) is 22.0. The number of benzene rings is 2. The lowest BCUT2D eigenvalue weighted by Gasteiger charge is -2.16. The zero-order valence-electron chi connectivity index (χ0n) is 16.6. The summed E-state index contributed by atoms with van der Waals surface area (Å²) >= 11 is 0. The standard InChI is InChI=1S/C20H19FN6O3S/c1-14-23-24-25-27(14)17-8-9-18(21)19(13-17)22-20(28)10-5-15-3-6-16(7-4-15)26-11-2-12-31(26,29)30/h3-10,13H,2,11-12H2,1H3,(H,22,28)/b10-5+. The minimum Gasteiger partial charge on any atom is -0.320 e. The van der Waals surface area contributed by atoms with Gasteiger partial charge in [0.1, 0.15) is 5.82 Å². The van der Waals surface area contributed by atoms with Crippen molar-refractivity contribution in [3.63, 3.8) is 0 Å². The topological polar surface area (TPSA) is 110 Å². The van der Waals surface area contributed by atoms with Crippen molar-refractivity contribution < 1.29 is 17.6 Å². The molecule has 0 saturated carbocycles. The van der Waals surface area contributed by atoms with Crippen LogP contribution in [0, 0.1) is 12.7 Å². The number of amides is 1. The summed E-state index contributed by atoms with van der Waals surface area (Å²) in [7, 11) is -3.24. The van der Waals surface area contributed by atoms with E-state index in [1.807, 2.05) is 0 Å². The lowest BCUT2D eigenvalue weighted by Crippen LogP contribution is -2.24. The molecule has 1 saturated heterocycles. The smallest absolute Gasteiger partial charge is 0.248 e. The van der Waals surface area contributed by atoms with Gasteiger partial charge in [-0.3, -0.25) is 9.10 Å². The normalized spacial score (nSPS) is 15.5. The fraction of sp³-hybridized carbons (Fsp3) is 0.200. The Labute approximate surface area is 178 Å². The molecule has 3 aromatic rings. The molecule has 0 unspecified atom stereocenters. The van der Waals surface area contributed by atoms with Gasteiger partial charge in [0.25, 0.3) is 0 Å². The lowest BCUT2D eigenvalue weighted by atomic mass is 10.2. The average Bonchev–Trinajstić information content (AvgIpc) is 3.33. The molecule has 2 heterocycles. The van der Waals surface area contributed by atoms with Crippen LogP contribution in [0.4, 0.5) is 15.8 Å². The number of aromatic nitrogens is 4. The Morgan fingerprint density at radius 1 is 1.16 bits per heavy atom. The highest BCUT2D eigenvalue weighted by atomic mass is 32.2. The van der Waals surface area contributed by atoms with Crippen LogP contribution >= 0.6 is 0 Å². The van der Waals surface area contributed by atoms with Gasteiger partial charge in [0.2, 0.25) is 15.9 Å². The summed E-state index contributed by atoms with van der Waals surface area (Å²) < 4.78 is 40.9.